The smallest absolute Gasteiger partial charge is 0.410 e. The number of fused-ring (bicyclic) bond motifs is 2. The van der Waals surface area contributed by atoms with Gasteiger partial charge in [-0.05, 0) is 121 Å². The minimum Gasteiger partial charge on any atom is -0.444 e. The van der Waals surface area contributed by atoms with Crippen LogP contribution in [-0.4, -0.2) is 77.7 Å². The fraction of sp³-hybridized carbons (Fsp3) is 0.605. The summed E-state index contributed by atoms with van der Waals surface area (Å²) in [7, 11) is 0. The number of nitrogens with two attached hydrogens (primary N) is 1. The molecule has 2 saturated carbocycles. The van der Waals surface area contributed by atoms with Crippen LogP contribution in [0.15, 0.2) is 48.5 Å². The number of hydrogen-bond acceptors (Lipinski definition) is 7. The molecule has 2 aromatic carbocycles. The molecule has 2 heterocycles. The van der Waals surface area contributed by atoms with Gasteiger partial charge in [-0.2, -0.15) is 0 Å². The number of carbonyl (C=O) groups is 3. The van der Waals surface area contributed by atoms with E-state index in [1.165, 1.54) is 5.56 Å². The minimum atomic E-state index is -0.421. The van der Waals surface area contributed by atoms with Crippen molar-refractivity contribution >= 4 is 41.7 Å². The van der Waals surface area contributed by atoms with E-state index in [0.29, 0.717) is 46.3 Å². The van der Waals surface area contributed by atoms with Crippen molar-refractivity contribution in [3.63, 3.8) is 0 Å². The van der Waals surface area contributed by atoms with Gasteiger partial charge in [0.15, 0.2) is 0 Å². The van der Waals surface area contributed by atoms with Crippen molar-refractivity contribution in [1.29, 1.82) is 0 Å². The van der Waals surface area contributed by atoms with Crippen molar-refractivity contribution in [3.05, 3.63) is 69.7 Å². The Labute approximate surface area is 302 Å². The molecule has 6 atom stereocenters. The maximum absolute atomic E-state index is 12.2. The number of aldehydes is 1. The zero-order chi connectivity index (χ0) is 35.9. The van der Waals surface area contributed by atoms with E-state index in [2.05, 4.69) is 11.4 Å². The predicted molar refractivity (Wildman–Crippen MR) is 195 cm³/mol. The largest absolute Gasteiger partial charge is 0.444 e. The van der Waals surface area contributed by atoms with Gasteiger partial charge in [0.2, 0.25) is 0 Å². The lowest BCUT2D eigenvalue weighted by atomic mass is 10.0. The molecule has 3 N–H and O–H groups in total. The minimum absolute atomic E-state index is 0.166. The second kappa shape index (κ2) is 16.9. The summed E-state index contributed by atoms with van der Waals surface area (Å²) in [6, 6.07) is 15.7. The molecule has 2 aromatic rings. The summed E-state index contributed by atoms with van der Waals surface area (Å²) in [4.78, 5) is 37.9. The summed E-state index contributed by atoms with van der Waals surface area (Å²) < 4.78 is 10.9. The molecule has 4 fully saturated rings. The highest BCUT2D eigenvalue weighted by atomic mass is 35.5. The highest BCUT2D eigenvalue weighted by molar-refractivity contribution is 6.31. The average molecular weight is 718 g/mol. The van der Waals surface area contributed by atoms with Crippen LogP contribution in [-0.2, 0) is 16.0 Å². The maximum atomic E-state index is 12.2. The molecule has 6 rings (SSSR count). The number of nitrogens with one attached hydrogen (secondary N) is 1. The van der Waals surface area contributed by atoms with Gasteiger partial charge in [-0.15, -0.1) is 0 Å². The molecule has 2 aliphatic carbocycles. The van der Waals surface area contributed by atoms with Crippen LogP contribution < -0.4 is 11.1 Å². The van der Waals surface area contributed by atoms with Crippen LogP contribution in [0.4, 0.5) is 9.59 Å². The highest BCUT2D eigenvalue weighted by Crippen LogP contribution is 2.39. The number of hydrogen-bond donors (Lipinski definition) is 2. The first kappa shape index (κ1) is 38.9. The fourth-order valence-corrected chi connectivity index (χ4v) is 7.67. The molecule has 2 amide bonds. The molecule has 0 radical (unpaired) electrons. The van der Waals surface area contributed by atoms with Gasteiger partial charge in [-0.25, -0.2) is 9.59 Å². The number of amides is 2. The number of halogens is 2. The lowest BCUT2D eigenvalue weighted by Crippen LogP contribution is -2.37. The third-order valence-corrected chi connectivity index (χ3v) is 9.78. The summed E-state index contributed by atoms with van der Waals surface area (Å²) in [6.07, 6.45) is 4.81. The molecule has 49 heavy (non-hydrogen) atoms. The van der Waals surface area contributed by atoms with Gasteiger partial charge in [0.1, 0.15) is 17.5 Å². The topological polar surface area (TPSA) is 114 Å². The Morgan fingerprint density at radius 1 is 0.776 bits per heavy atom. The first-order chi connectivity index (χ1) is 23.0. The standard InChI is InChI=1S/C19H27ClN2O2.C12H22N2O2.C7H5ClO/c1-19(2,3)24-18(23)22-11-14-8-17(9-15(14)12-22)21-10-13-5-4-6-16(20)7-13;1-12(2,3)16-11(15)14-6-8-4-10(13)5-9(8)7-14;8-7-3-1-2-6(4-7)5-9/h4-7,14-15,17,21H,8-12H2,1-3H3;8-10H,4-7,13H2,1-3H3;1-5H/t14-,15+,17?;8-,9+,10?;. The van der Waals surface area contributed by atoms with E-state index in [4.69, 9.17) is 38.4 Å². The number of ether oxygens (including phenoxy) is 2. The van der Waals surface area contributed by atoms with Crippen LogP contribution in [0.25, 0.3) is 0 Å². The average Bonchev–Trinajstić information content (AvgIpc) is 3.75. The second-order valence-corrected chi connectivity index (χ2v) is 16.8. The van der Waals surface area contributed by atoms with Gasteiger partial charge < -0.3 is 30.3 Å². The first-order valence-corrected chi connectivity index (χ1v) is 18.1. The third kappa shape index (κ3) is 12.5. The van der Waals surface area contributed by atoms with E-state index in [-0.39, 0.29) is 12.2 Å². The van der Waals surface area contributed by atoms with Gasteiger partial charge in [0, 0.05) is 60.4 Å². The summed E-state index contributed by atoms with van der Waals surface area (Å²) in [5, 5.41) is 5.02. The van der Waals surface area contributed by atoms with Crippen LogP contribution in [0.5, 0.6) is 0 Å². The Bertz CT molecular complexity index is 1400. The second-order valence-electron chi connectivity index (χ2n) is 15.9. The SMILES string of the molecule is CC(C)(C)OC(=O)N1C[C@H]2CC(N)C[C@H]2C1.CC(C)(C)OC(=O)N1C[C@H]2CC(NCc3cccc(Cl)c3)C[C@H]2C1.O=Cc1cccc(Cl)c1. The van der Waals surface area contributed by atoms with E-state index < -0.39 is 11.2 Å². The zero-order valence-corrected chi connectivity index (χ0v) is 31.3. The van der Waals surface area contributed by atoms with Crippen LogP contribution in [0.3, 0.4) is 0 Å². The number of benzene rings is 2. The Kier molecular flexibility index (Phi) is 13.4. The van der Waals surface area contributed by atoms with Gasteiger partial charge in [-0.1, -0.05) is 47.5 Å². The molecule has 4 aliphatic rings. The van der Waals surface area contributed by atoms with Gasteiger partial charge >= 0.3 is 12.2 Å². The lowest BCUT2D eigenvalue weighted by Gasteiger charge is -2.25. The number of likely N-dealkylation sites (tertiary alicyclic amines) is 2. The molecule has 0 bridgehead atoms. The van der Waals surface area contributed by atoms with E-state index in [0.717, 1.165) is 69.7 Å². The number of nitrogens with zero attached hydrogens (tertiary/aromatic N) is 2. The summed E-state index contributed by atoms with van der Waals surface area (Å²) in [6.45, 7) is 15.6. The van der Waals surface area contributed by atoms with Crippen LogP contribution >= 0.6 is 23.2 Å². The number of carbonyl (C=O) groups excluding carboxylic acids is 3. The normalized spacial score (nSPS) is 25.7. The summed E-state index contributed by atoms with van der Waals surface area (Å²) >= 11 is 11.6. The van der Waals surface area contributed by atoms with E-state index in [1.54, 1.807) is 24.3 Å². The van der Waals surface area contributed by atoms with Crippen molar-refractivity contribution in [2.24, 2.45) is 29.4 Å². The molecule has 2 unspecified atom stereocenters. The van der Waals surface area contributed by atoms with Gasteiger partial charge in [0.05, 0.1) is 0 Å². The fourth-order valence-electron chi connectivity index (χ4n) is 7.25. The van der Waals surface area contributed by atoms with E-state index in [9.17, 15) is 14.4 Å². The Hall–Kier alpha value is -2.85. The maximum Gasteiger partial charge on any atom is 0.410 e. The lowest BCUT2D eigenvalue weighted by molar-refractivity contribution is 0.0269. The molecular formula is C38H54Cl2N4O5. The van der Waals surface area contributed by atoms with Crippen LogP contribution in [0.1, 0.15) is 83.1 Å². The molecular weight excluding hydrogens is 663 g/mol. The summed E-state index contributed by atoms with van der Waals surface area (Å²) in [5.41, 5.74) is 6.93. The van der Waals surface area contributed by atoms with Crippen molar-refractivity contribution in [1.82, 2.24) is 15.1 Å². The number of rotatable bonds is 4. The van der Waals surface area contributed by atoms with Gasteiger partial charge in [0.25, 0.3) is 0 Å². The first-order valence-electron chi connectivity index (χ1n) is 17.4. The predicted octanol–water partition coefficient (Wildman–Crippen LogP) is 7.82. The molecule has 2 aliphatic heterocycles. The molecule has 270 valence electrons. The molecule has 0 spiro atoms. The van der Waals surface area contributed by atoms with E-state index >= 15 is 0 Å². The zero-order valence-electron chi connectivity index (χ0n) is 29.8. The Balaban J connectivity index is 0.000000185. The Morgan fingerprint density at radius 2 is 1.22 bits per heavy atom. The monoisotopic (exact) mass is 716 g/mol. The molecule has 9 nitrogen and oxygen atoms in total. The highest BCUT2D eigenvalue weighted by Gasteiger charge is 2.44. The van der Waals surface area contributed by atoms with Crippen molar-refractivity contribution in [2.45, 2.75) is 97.1 Å². The van der Waals surface area contributed by atoms with E-state index in [1.807, 2.05) is 69.5 Å². The van der Waals surface area contributed by atoms with Gasteiger partial charge in [-0.3, -0.25) is 4.79 Å². The Morgan fingerprint density at radius 3 is 1.63 bits per heavy atom. The molecule has 11 heteroatoms. The summed E-state index contributed by atoms with van der Waals surface area (Å²) in [5.74, 6) is 2.38. The van der Waals surface area contributed by atoms with Crippen LogP contribution in [0.2, 0.25) is 10.0 Å². The third-order valence-electron chi connectivity index (χ3n) is 9.31. The van der Waals surface area contributed by atoms with Crippen molar-refractivity contribution in [2.75, 3.05) is 26.2 Å². The quantitative estimate of drug-likeness (QED) is 0.310. The van der Waals surface area contributed by atoms with Crippen molar-refractivity contribution < 1.29 is 23.9 Å². The molecule has 2 saturated heterocycles. The van der Waals surface area contributed by atoms with Crippen molar-refractivity contribution in [3.8, 4) is 0 Å². The van der Waals surface area contributed by atoms with Crippen LogP contribution in [0, 0.1) is 23.7 Å². The molecule has 0 aromatic heterocycles.